The van der Waals surface area contributed by atoms with Crippen molar-refractivity contribution in [3.8, 4) is 0 Å². The molecule has 0 aliphatic rings. The van der Waals surface area contributed by atoms with E-state index >= 15 is 0 Å². The van der Waals surface area contributed by atoms with Crippen molar-refractivity contribution in [2.45, 2.75) is 46.2 Å². The first-order chi connectivity index (χ1) is 7.54. The highest BCUT2D eigenvalue weighted by Crippen LogP contribution is 2.18. The van der Waals surface area contributed by atoms with E-state index in [1.54, 1.807) is 0 Å². The lowest BCUT2D eigenvalue weighted by atomic mass is 9.99. The molecule has 0 aliphatic heterocycles. The van der Waals surface area contributed by atoms with Gasteiger partial charge in [-0.1, -0.05) is 13.0 Å². The van der Waals surface area contributed by atoms with Crippen LogP contribution in [0.25, 0.3) is 0 Å². The summed E-state index contributed by atoms with van der Waals surface area (Å²) < 4.78 is 5.60. The number of rotatable bonds is 6. The summed E-state index contributed by atoms with van der Waals surface area (Å²) >= 11 is 0. The molecule has 16 heavy (non-hydrogen) atoms. The van der Waals surface area contributed by atoms with Crippen LogP contribution in [0.3, 0.4) is 0 Å². The summed E-state index contributed by atoms with van der Waals surface area (Å²) in [6.07, 6.45) is 3.02. The van der Waals surface area contributed by atoms with Crippen LogP contribution in [-0.4, -0.2) is 6.04 Å². The summed E-state index contributed by atoms with van der Waals surface area (Å²) in [4.78, 5) is 0. The van der Waals surface area contributed by atoms with Gasteiger partial charge >= 0.3 is 0 Å². The van der Waals surface area contributed by atoms with Crippen LogP contribution < -0.4 is 5.32 Å². The smallest absolute Gasteiger partial charge is 0.120 e. The van der Waals surface area contributed by atoms with Gasteiger partial charge in [0.2, 0.25) is 0 Å². The molecule has 0 aromatic carbocycles. The fourth-order valence-corrected chi connectivity index (χ4v) is 1.79. The summed E-state index contributed by atoms with van der Waals surface area (Å²) in [6.45, 7) is 12.3. The molecule has 0 aliphatic carbocycles. The van der Waals surface area contributed by atoms with Crippen LogP contribution in [-0.2, 0) is 0 Å². The Balaban J connectivity index is 2.50. The van der Waals surface area contributed by atoms with E-state index in [0.29, 0.717) is 12.0 Å². The Hall–Kier alpha value is -1.02. The quantitative estimate of drug-likeness (QED) is 0.738. The molecule has 0 radical (unpaired) electrons. The van der Waals surface area contributed by atoms with Gasteiger partial charge in [0.25, 0.3) is 0 Å². The van der Waals surface area contributed by atoms with Crippen LogP contribution >= 0.6 is 0 Å². The number of nitrogens with one attached hydrogen (secondary N) is 1. The molecule has 0 saturated heterocycles. The minimum atomic E-state index is 0.260. The molecule has 1 aromatic rings. The third-order valence-electron chi connectivity index (χ3n) is 3.09. The lowest BCUT2D eigenvalue weighted by Gasteiger charge is -2.23. The molecule has 2 heteroatoms. The summed E-state index contributed by atoms with van der Waals surface area (Å²) in [5.74, 6) is 2.57. The lowest BCUT2D eigenvalue weighted by Crippen LogP contribution is -2.33. The van der Waals surface area contributed by atoms with Crippen molar-refractivity contribution in [1.82, 2.24) is 5.32 Å². The number of furan rings is 1. The lowest BCUT2D eigenvalue weighted by molar-refractivity contribution is 0.335. The molecule has 3 atom stereocenters. The maximum Gasteiger partial charge on any atom is 0.120 e. The third kappa shape index (κ3) is 3.53. The predicted octanol–water partition coefficient (Wildman–Crippen LogP) is 3.84. The average molecular weight is 221 g/mol. The molecule has 1 rings (SSSR count). The van der Waals surface area contributed by atoms with Crippen molar-refractivity contribution in [3.63, 3.8) is 0 Å². The Kier molecular flexibility index (Phi) is 4.81. The van der Waals surface area contributed by atoms with Crippen molar-refractivity contribution < 1.29 is 4.42 Å². The van der Waals surface area contributed by atoms with Crippen LogP contribution in [0, 0.1) is 12.8 Å². The van der Waals surface area contributed by atoms with Gasteiger partial charge in [-0.25, -0.2) is 0 Å². The van der Waals surface area contributed by atoms with Gasteiger partial charge in [0, 0.05) is 6.04 Å². The fourth-order valence-electron chi connectivity index (χ4n) is 1.79. The molecule has 1 aromatic heterocycles. The first kappa shape index (κ1) is 13.0. The SMILES string of the molecule is C=CCC(C)C(C)NC(C)c1ccc(C)o1. The van der Waals surface area contributed by atoms with E-state index in [0.717, 1.165) is 17.9 Å². The van der Waals surface area contributed by atoms with Crippen LogP contribution in [0.1, 0.15) is 44.8 Å². The predicted molar refractivity (Wildman–Crippen MR) is 68.4 cm³/mol. The van der Waals surface area contributed by atoms with Gasteiger partial charge in [0.05, 0.1) is 6.04 Å². The number of hydrogen-bond donors (Lipinski definition) is 1. The number of allylic oxidation sites excluding steroid dienone is 1. The van der Waals surface area contributed by atoms with Gasteiger partial charge in [-0.3, -0.25) is 0 Å². The minimum Gasteiger partial charge on any atom is -0.465 e. The Morgan fingerprint density at radius 1 is 1.38 bits per heavy atom. The second kappa shape index (κ2) is 5.90. The molecule has 0 amide bonds. The number of aryl methyl sites for hydroxylation is 1. The topological polar surface area (TPSA) is 25.2 Å². The molecule has 0 saturated carbocycles. The van der Waals surface area contributed by atoms with Gasteiger partial charge in [-0.05, 0) is 45.2 Å². The third-order valence-corrected chi connectivity index (χ3v) is 3.09. The molecule has 0 spiro atoms. The minimum absolute atomic E-state index is 0.260. The van der Waals surface area contributed by atoms with Crippen LogP contribution in [0.15, 0.2) is 29.2 Å². The Morgan fingerprint density at radius 2 is 2.06 bits per heavy atom. The molecular weight excluding hydrogens is 198 g/mol. The first-order valence-electron chi connectivity index (χ1n) is 5.98. The van der Waals surface area contributed by atoms with Crippen molar-refractivity contribution in [2.24, 2.45) is 5.92 Å². The molecular formula is C14H23NO. The Bertz CT molecular complexity index is 329. The molecule has 90 valence electrons. The van der Waals surface area contributed by atoms with Crippen LogP contribution in [0.5, 0.6) is 0 Å². The van der Waals surface area contributed by atoms with Crippen molar-refractivity contribution in [2.75, 3.05) is 0 Å². The van der Waals surface area contributed by atoms with Gasteiger partial charge in [0.1, 0.15) is 11.5 Å². The summed E-state index contributed by atoms with van der Waals surface area (Å²) in [5.41, 5.74) is 0. The molecule has 1 N–H and O–H groups in total. The Morgan fingerprint density at radius 3 is 2.56 bits per heavy atom. The zero-order valence-electron chi connectivity index (χ0n) is 10.8. The molecule has 3 unspecified atom stereocenters. The molecule has 0 bridgehead atoms. The van der Waals surface area contributed by atoms with E-state index in [-0.39, 0.29) is 6.04 Å². The zero-order chi connectivity index (χ0) is 12.1. The first-order valence-corrected chi connectivity index (χ1v) is 5.98. The second-order valence-electron chi connectivity index (χ2n) is 4.63. The van der Waals surface area contributed by atoms with E-state index < -0.39 is 0 Å². The van der Waals surface area contributed by atoms with Crippen LogP contribution in [0.4, 0.5) is 0 Å². The van der Waals surface area contributed by atoms with E-state index in [1.165, 1.54) is 0 Å². The molecule has 1 heterocycles. The van der Waals surface area contributed by atoms with E-state index in [1.807, 2.05) is 25.1 Å². The van der Waals surface area contributed by atoms with E-state index in [2.05, 4.69) is 32.7 Å². The van der Waals surface area contributed by atoms with E-state index in [4.69, 9.17) is 4.42 Å². The highest BCUT2D eigenvalue weighted by atomic mass is 16.3. The van der Waals surface area contributed by atoms with E-state index in [9.17, 15) is 0 Å². The maximum absolute atomic E-state index is 5.60. The monoisotopic (exact) mass is 221 g/mol. The van der Waals surface area contributed by atoms with Gasteiger partial charge in [0.15, 0.2) is 0 Å². The Labute approximate surface area is 98.7 Å². The van der Waals surface area contributed by atoms with Crippen molar-refractivity contribution in [1.29, 1.82) is 0 Å². The van der Waals surface area contributed by atoms with Crippen LogP contribution in [0.2, 0.25) is 0 Å². The highest BCUT2D eigenvalue weighted by molar-refractivity contribution is 5.09. The van der Waals surface area contributed by atoms with Crippen molar-refractivity contribution >= 4 is 0 Å². The van der Waals surface area contributed by atoms with Gasteiger partial charge in [-0.2, -0.15) is 0 Å². The fraction of sp³-hybridized carbons (Fsp3) is 0.571. The summed E-state index contributed by atoms with van der Waals surface area (Å²) in [6, 6.07) is 4.76. The summed E-state index contributed by atoms with van der Waals surface area (Å²) in [5, 5.41) is 3.55. The number of hydrogen-bond acceptors (Lipinski definition) is 2. The summed E-state index contributed by atoms with van der Waals surface area (Å²) in [7, 11) is 0. The van der Waals surface area contributed by atoms with Gasteiger partial charge < -0.3 is 9.73 Å². The normalized spacial score (nSPS) is 16.8. The highest BCUT2D eigenvalue weighted by Gasteiger charge is 2.16. The molecule has 0 fully saturated rings. The zero-order valence-corrected chi connectivity index (χ0v) is 10.8. The molecule has 2 nitrogen and oxygen atoms in total. The van der Waals surface area contributed by atoms with Gasteiger partial charge in [-0.15, -0.1) is 6.58 Å². The average Bonchev–Trinajstić information content (AvgIpc) is 2.65. The maximum atomic E-state index is 5.60. The largest absolute Gasteiger partial charge is 0.465 e. The second-order valence-corrected chi connectivity index (χ2v) is 4.63. The standard InChI is InChI=1S/C14H23NO/c1-6-7-10(2)12(4)15-13(5)14-9-8-11(3)16-14/h6,8-10,12-13,15H,1,7H2,2-5H3. The van der Waals surface area contributed by atoms with Crippen molar-refractivity contribution in [3.05, 3.63) is 36.3 Å².